The third kappa shape index (κ3) is 2.24. The maximum atomic E-state index is 6.26. The van der Waals surface area contributed by atoms with Gasteiger partial charge < -0.3 is 10.6 Å². The second-order valence-corrected chi connectivity index (χ2v) is 5.28. The normalized spacial score (nSPS) is 22.7. The lowest BCUT2D eigenvalue weighted by atomic mass is 9.87. The van der Waals surface area contributed by atoms with Crippen LogP contribution in [0.5, 0.6) is 0 Å². The summed E-state index contributed by atoms with van der Waals surface area (Å²) in [4.78, 5) is 2.21. The number of benzene rings is 2. The molecule has 0 fully saturated rings. The van der Waals surface area contributed by atoms with Crippen molar-refractivity contribution in [2.45, 2.75) is 24.9 Å². The summed E-state index contributed by atoms with van der Waals surface area (Å²) in [5.41, 5.74) is 10.3. The van der Waals surface area contributed by atoms with Crippen LogP contribution in [-0.2, 0) is 0 Å². The van der Waals surface area contributed by atoms with Crippen molar-refractivity contribution in [3.05, 3.63) is 65.7 Å². The molecule has 2 unspecified atom stereocenters. The van der Waals surface area contributed by atoms with Crippen LogP contribution in [0.1, 0.15) is 29.9 Å². The van der Waals surface area contributed by atoms with E-state index in [2.05, 4.69) is 66.5 Å². The Morgan fingerprint density at radius 2 is 1.63 bits per heavy atom. The molecule has 0 aliphatic carbocycles. The molecule has 0 spiro atoms. The molecule has 2 aromatic rings. The van der Waals surface area contributed by atoms with Gasteiger partial charge in [-0.25, -0.2) is 0 Å². The molecule has 1 heterocycles. The molecule has 3 rings (SSSR count). The van der Waals surface area contributed by atoms with E-state index in [0.29, 0.717) is 5.92 Å². The Bertz CT molecular complexity index is 550. The number of para-hydroxylation sites is 1. The number of nitrogens with zero attached hydrogens (tertiary/aromatic N) is 1. The van der Waals surface area contributed by atoms with Gasteiger partial charge in [0, 0.05) is 18.7 Å². The molecule has 98 valence electrons. The maximum absolute atomic E-state index is 6.26. The van der Waals surface area contributed by atoms with E-state index in [1.165, 1.54) is 16.8 Å². The molecule has 0 aromatic heterocycles. The summed E-state index contributed by atoms with van der Waals surface area (Å²) in [5.74, 6) is 0.452. The van der Waals surface area contributed by atoms with Crippen LogP contribution in [0, 0.1) is 0 Å². The SMILES string of the molecule is CN1c2ccccc2C(c2ccccc2)CCC1N. The van der Waals surface area contributed by atoms with Gasteiger partial charge in [0.05, 0.1) is 6.17 Å². The van der Waals surface area contributed by atoms with Gasteiger partial charge in [0.15, 0.2) is 0 Å². The third-order valence-corrected chi connectivity index (χ3v) is 4.14. The molecule has 0 amide bonds. The van der Waals surface area contributed by atoms with Gasteiger partial charge in [-0.2, -0.15) is 0 Å². The molecule has 2 heteroatoms. The lowest BCUT2D eigenvalue weighted by Crippen LogP contribution is -2.38. The Labute approximate surface area is 114 Å². The van der Waals surface area contributed by atoms with Crippen molar-refractivity contribution in [3.8, 4) is 0 Å². The Hall–Kier alpha value is -1.80. The van der Waals surface area contributed by atoms with E-state index in [9.17, 15) is 0 Å². The molecular formula is C17H20N2. The molecule has 19 heavy (non-hydrogen) atoms. The van der Waals surface area contributed by atoms with Crippen LogP contribution in [0.4, 0.5) is 5.69 Å². The van der Waals surface area contributed by atoms with Crippen LogP contribution >= 0.6 is 0 Å². The highest BCUT2D eigenvalue weighted by atomic mass is 15.2. The average Bonchev–Trinajstić information content (AvgIpc) is 2.59. The van der Waals surface area contributed by atoms with Gasteiger partial charge in [0.1, 0.15) is 0 Å². The molecule has 2 nitrogen and oxygen atoms in total. The van der Waals surface area contributed by atoms with Crippen molar-refractivity contribution in [3.63, 3.8) is 0 Å². The van der Waals surface area contributed by atoms with Crippen molar-refractivity contribution in [2.24, 2.45) is 5.73 Å². The lowest BCUT2D eigenvalue weighted by molar-refractivity contribution is 0.570. The third-order valence-electron chi connectivity index (χ3n) is 4.14. The number of fused-ring (bicyclic) bond motifs is 1. The summed E-state index contributed by atoms with van der Waals surface area (Å²) in [6.45, 7) is 0. The fourth-order valence-electron chi connectivity index (χ4n) is 3.00. The van der Waals surface area contributed by atoms with Gasteiger partial charge in [-0.3, -0.25) is 0 Å². The number of anilines is 1. The van der Waals surface area contributed by atoms with Crippen molar-refractivity contribution in [1.29, 1.82) is 0 Å². The number of nitrogens with two attached hydrogens (primary N) is 1. The van der Waals surface area contributed by atoms with E-state index in [4.69, 9.17) is 5.73 Å². The summed E-state index contributed by atoms with van der Waals surface area (Å²) in [6.07, 6.45) is 2.23. The second-order valence-electron chi connectivity index (χ2n) is 5.28. The molecule has 1 aliphatic rings. The molecule has 2 N–H and O–H groups in total. The van der Waals surface area contributed by atoms with Crippen LogP contribution in [0.3, 0.4) is 0 Å². The number of hydrogen-bond donors (Lipinski definition) is 1. The Morgan fingerprint density at radius 1 is 0.947 bits per heavy atom. The average molecular weight is 252 g/mol. The highest BCUT2D eigenvalue weighted by Gasteiger charge is 2.25. The molecule has 1 aliphatic heterocycles. The monoisotopic (exact) mass is 252 g/mol. The molecule has 0 saturated carbocycles. The molecule has 2 aromatic carbocycles. The topological polar surface area (TPSA) is 29.3 Å². The molecule has 0 bridgehead atoms. The van der Waals surface area contributed by atoms with Crippen molar-refractivity contribution < 1.29 is 0 Å². The zero-order valence-corrected chi connectivity index (χ0v) is 11.3. The van der Waals surface area contributed by atoms with Gasteiger partial charge in [-0.05, 0) is 30.0 Å². The molecule has 0 saturated heterocycles. The standard InChI is InChI=1S/C17H20N2/c1-19-16-10-6-5-9-15(16)14(11-12-17(19)18)13-7-3-2-4-8-13/h2-10,14,17H,11-12,18H2,1H3. The Balaban J connectivity index is 2.09. The van der Waals surface area contributed by atoms with Gasteiger partial charge in [-0.15, -0.1) is 0 Å². The van der Waals surface area contributed by atoms with Gasteiger partial charge in [0.2, 0.25) is 0 Å². The Kier molecular flexibility index (Phi) is 3.26. The van der Waals surface area contributed by atoms with Gasteiger partial charge in [0.25, 0.3) is 0 Å². The first-order valence-corrected chi connectivity index (χ1v) is 6.89. The fourth-order valence-corrected chi connectivity index (χ4v) is 3.00. The van der Waals surface area contributed by atoms with Crippen LogP contribution in [0.15, 0.2) is 54.6 Å². The van der Waals surface area contributed by atoms with Gasteiger partial charge >= 0.3 is 0 Å². The van der Waals surface area contributed by atoms with Crippen LogP contribution in [0.2, 0.25) is 0 Å². The first kappa shape index (κ1) is 12.2. The smallest absolute Gasteiger partial charge is 0.0768 e. The number of rotatable bonds is 1. The second kappa shape index (κ2) is 5.06. The maximum Gasteiger partial charge on any atom is 0.0768 e. The van der Waals surface area contributed by atoms with Gasteiger partial charge in [-0.1, -0.05) is 48.5 Å². The molecular weight excluding hydrogens is 232 g/mol. The van der Waals surface area contributed by atoms with E-state index in [1.807, 2.05) is 0 Å². The van der Waals surface area contributed by atoms with Crippen LogP contribution in [0.25, 0.3) is 0 Å². The largest absolute Gasteiger partial charge is 0.359 e. The summed E-state index contributed by atoms with van der Waals surface area (Å²) < 4.78 is 0. The zero-order chi connectivity index (χ0) is 13.2. The summed E-state index contributed by atoms with van der Waals surface area (Å²) in [7, 11) is 2.09. The van der Waals surface area contributed by atoms with E-state index in [-0.39, 0.29) is 6.17 Å². The minimum atomic E-state index is 0.106. The van der Waals surface area contributed by atoms with Crippen molar-refractivity contribution in [1.82, 2.24) is 0 Å². The first-order valence-electron chi connectivity index (χ1n) is 6.89. The predicted octanol–water partition coefficient (Wildman–Crippen LogP) is 3.33. The lowest BCUT2D eigenvalue weighted by Gasteiger charge is -2.26. The summed E-state index contributed by atoms with van der Waals surface area (Å²) in [6, 6.07) is 19.4. The zero-order valence-electron chi connectivity index (χ0n) is 11.3. The fraction of sp³-hybridized carbons (Fsp3) is 0.294. The van der Waals surface area contributed by atoms with E-state index >= 15 is 0 Å². The Morgan fingerprint density at radius 3 is 2.42 bits per heavy atom. The minimum Gasteiger partial charge on any atom is -0.359 e. The molecule has 0 radical (unpaired) electrons. The van der Waals surface area contributed by atoms with Crippen molar-refractivity contribution >= 4 is 5.69 Å². The highest BCUT2D eigenvalue weighted by molar-refractivity contribution is 5.58. The quantitative estimate of drug-likeness (QED) is 0.843. The number of hydrogen-bond acceptors (Lipinski definition) is 2. The van der Waals surface area contributed by atoms with E-state index < -0.39 is 0 Å². The van der Waals surface area contributed by atoms with Crippen LogP contribution < -0.4 is 10.6 Å². The van der Waals surface area contributed by atoms with E-state index in [1.54, 1.807) is 0 Å². The van der Waals surface area contributed by atoms with Crippen LogP contribution in [-0.4, -0.2) is 13.2 Å². The van der Waals surface area contributed by atoms with Crippen molar-refractivity contribution in [2.75, 3.05) is 11.9 Å². The minimum absolute atomic E-state index is 0.106. The van der Waals surface area contributed by atoms with E-state index in [0.717, 1.165) is 12.8 Å². The first-order chi connectivity index (χ1) is 9.27. The molecule has 2 atom stereocenters. The highest BCUT2D eigenvalue weighted by Crippen LogP contribution is 2.38. The summed E-state index contributed by atoms with van der Waals surface area (Å²) >= 11 is 0. The summed E-state index contributed by atoms with van der Waals surface area (Å²) in [5, 5.41) is 0. The predicted molar refractivity (Wildman–Crippen MR) is 80.3 cm³/mol.